The number of thioether (sulfide) groups is 1. The largest absolute Gasteiger partial charge is 0.301 e. The molecule has 0 bridgehead atoms. The average molecular weight is 280 g/mol. The summed E-state index contributed by atoms with van der Waals surface area (Å²) in [6.07, 6.45) is 1.67. The van der Waals surface area contributed by atoms with Crippen molar-refractivity contribution in [3.8, 4) is 6.07 Å². The minimum absolute atomic E-state index is 0.121. The molecule has 0 amide bonds. The van der Waals surface area contributed by atoms with Gasteiger partial charge in [0.2, 0.25) is 0 Å². The van der Waals surface area contributed by atoms with Crippen molar-refractivity contribution >= 4 is 11.8 Å². The first kappa shape index (κ1) is 15.7. The van der Waals surface area contributed by atoms with E-state index in [0.717, 1.165) is 30.8 Å². The van der Waals surface area contributed by atoms with E-state index in [1.807, 2.05) is 13.8 Å². The minimum Gasteiger partial charge on any atom is -0.301 e. The number of nitrogens with one attached hydrogen (secondary N) is 2. The molecule has 0 radical (unpaired) electrons. The first-order valence-electron chi connectivity index (χ1n) is 6.36. The monoisotopic (exact) mass is 280 g/mol. The van der Waals surface area contributed by atoms with Gasteiger partial charge in [-0.05, 0) is 33.2 Å². The van der Waals surface area contributed by atoms with Crippen molar-refractivity contribution in [2.75, 3.05) is 12.3 Å². The van der Waals surface area contributed by atoms with Crippen molar-refractivity contribution in [2.24, 2.45) is 0 Å². The van der Waals surface area contributed by atoms with Gasteiger partial charge >= 0.3 is 0 Å². The molecule has 1 atom stereocenters. The molecule has 0 fully saturated rings. The van der Waals surface area contributed by atoms with Crippen LogP contribution in [0.2, 0.25) is 0 Å². The number of nitrogens with zero attached hydrogens (tertiary/aromatic N) is 2. The van der Waals surface area contributed by atoms with E-state index in [1.54, 1.807) is 6.92 Å². The number of hydrogen-bond acceptors (Lipinski definition) is 5. The molecule has 104 valence electrons. The molecule has 0 aliphatic rings. The first-order valence-corrected chi connectivity index (χ1v) is 7.34. The van der Waals surface area contributed by atoms with Gasteiger partial charge in [-0.15, -0.1) is 0 Å². The molecule has 1 rings (SSSR count). The highest BCUT2D eigenvalue weighted by molar-refractivity contribution is 7.99. The lowest BCUT2D eigenvalue weighted by Crippen LogP contribution is -2.40. The molecule has 0 aliphatic carbocycles. The van der Waals surface area contributed by atoms with Crippen LogP contribution in [0.5, 0.6) is 0 Å². The maximum atomic E-state index is 11.3. The second kappa shape index (κ2) is 7.31. The van der Waals surface area contributed by atoms with Gasteiger partial charge in [0.25, 0.3) is 5.56 Å². The number of H-pyrrole nitrogens is 1. The third kappa shape index (κ3) is 5.45. The van der Waals surface area contributed by atoms with E-state index in [2.05, 4.69) is 21.4 Å². The maximum absolute atomic E-state index is 11.3. The second-order valence-electron chi connectivity index (χ2n) is 4.62. The standard InChI is InChI=1S/C13H20N4OS/c1-4-15-13(3,9-14)6-5-7-19-12-16-10(2)8-11(18)17-12/h8,15H,4-7H2,1-3H3,(H,16,17,18). The molecular formula is C13H20N4OS. The summed E-state index contributed by atoms with van der Waals surface area (Å²) >= 11 is 1.51. The lowest BCUT2D eigenvalue weighted by Gasteiger charge is -2.22. The molecule has 0 spiro atoms. The number of hydrogen-bond donors (Lipinski definition) is 2. The SMILES string of the molecule is CCNC(C)(C#N)CCCSc1nc(C)cc(=O)[nH]1. The summed E-state index contributed by atoms with van der Waals surface area (Å²) < 4.78 is 0. The van der Waals surface area contributed by atoms with Crippen LogP contribution in [0, 0.1) is 18.3 Å². The highest BCUT2D eigenvalue weighted by Gasteiger charge is 2.21. The van der Waals surface area contributed by atoms with Crippen LogP contribution in [0.25, 0.3) is 0 Å². The normalized spacial score (nSPS) is 13.8. The van der Waals surface area contributed by atoms with Gasteiger partial charge < -0.3 is 4.98 Å². The third-order valence-electron chi connectivity index (χ3n) is 2.72. The van der Waals surface area contributed by atoms with Crippen LogP contribution in [-0.2, 0) is 0 Å². The van der Waals surface area contributed by atoms with Crippen LogP contribution in [0.4, 0.5) is 0 Å². The van der Waals surface area contributed by atoms with Gasteiger partial charge in [0.15, 0.2) is 5.16 Å². The molecule has 0 saturated carbocycles. The fraction of sp³-hybridized carbons (Fsp3) is 0.615. The Balaban J connectivity index is 2.42. The number of aryl methyl sites for hydroxylation is 1. The Labute approximate surface area is 117 Å². The highest BCUT2D eigenvalue weighted by Crippen LogP contribution is 2.17. The lowest BCUT2D eigenvalue weighted by molar-refractivity contribution is 0.426. The summed E-state index contributed by atoms with van der Waals surface area (Å²) in [6.45, 7) is 6.49. The van der Waals surface area contributed by atoms with Crippen LogP contribution in [0.3, 0.4) is 0 Å². The maximum Gasteiger partial charge on any atom is 0.251 e. The highest BCUT2D eigenvalue weighted by atomic mass is 32.2. The molecule has 2 N–H and O–H groups in total. The number of aromatic nitrogens is 2. The Morgan fingerprint density at radius 2 is 2.37 bits per heavy atom. The molecule has 19 heavy (non-hydrogen) atoms. The topological polar surface area (TPSA) is 81.6 Å². The van der Waals surface area contributed by atoms with E-state index in [4.69, 9.17) is 5.26 Å². The minimum atomic E-state index is -0.469. The zero-order valence-corrected chi connectivity index (χ0v) is 12.4. The van der Waals surface area contributed by atoms with Crippen molar-refractivity contribution < 1.29 is 0 Å². The van der Waals surface area contributed by atoms with Gasteiger partial charge in [-0.2, -0.15) is 5.26 Å². The summed E-state index contributed by atoms with van der Waals surface area (Å²) in [4.78, 5) is 18.2. The Bertz CT molecular complexity index is 508. The number of rotatable bonds is 7. The van der Waals surface area contributed by atoms with Gasteiger partial charge in [0, 0.05) is 17.5 Å². The molecule has 5 nitrogen and oxygen atoms in total. The fourth-order valence-electron chi connectivity index (χ4n) is 1.79. The van der Waals surface area contributed by atoms with Crippen molar-refractivity contribution in [3.05, 3.63) is 22.1 Å². The van der Waals surface area contributed by atoms with Crippen molar-refractivity contribution in [1.82, 2.24) is 15.3 Å². The van der Waals surface area contributed by atoms with Gasteiger partial charge in [0.1, 0.15) is 5.54 Å². The molecule has 1 aromatic rings. The van der Waals surface area contributed by atoms with Crippen molar-refractivity contribution in [2.45, 2.75) is 44.3 Å². The van der Waals surface area contributed by atoms with Crippen LogP contribution < -0.4 is 10.9 Å². The summed E-state index contributed by atoms with van der Waals surface area (Å²) in [5.74, 6) is 0.828. The molecule has 6 heteroatoms. The molecule has 0 aromatic carbocycles. The van der Waals surface area contributed by atoms with E-state index in [0.29, 0.717) is 5.16 Å². The van der Waals surface area contributed by atoms with Crippen LogP contribution in [-0.4, -0.2) is 27.8 Å². The summed E-state index contributed by atoms with van der Waals surface area (Å²) in [6, 6.07) is 3.78. The van der Waals surface area contributed by atoms with Crippen LogP contribution in [0.1, 0.15) is 32.4 Å². The second-order valence-corrected chi connectivity index (χ2v) is 5.70. The van der Waals surface area contributed by atoms with E-state index in [9.17, 15) is 4.79 Å². The summed E-state index contributed by atoms with van der Waals surface area (Å²) in [5.41, 5.74) is 0.133. The van der Waals surface area contributed by atoms with E-state index < -0.39 is 5.54 Å². The zero-order chi connectivity index (χ0) is 14.3. The fourth-order valence-corrected chi connectivity index (χ4v) is 2.65. The quantitative estimate of drug-likeness (QED) is 0.452. The van der Waals surface area contributed by atoms with E-state index in [1.165, 1.54) is 17.8 Å². The summed E-state index contributed by atoms with van der Waals surface area (Å²) in [5, 5.41) is 13.0. The van der Waals surface area contributed by atoms with Crippen molar-refractivity contribution in [1.29, 1.82) is 5.26 Å². The molecule has 1 unspecified atom stereocenters. The molecule has 1 heterocycles. The molecule has 0 saturated heterocycles. The third-order valence-corrected chi connectivity index (χ3v) is 3.68. The number of nitriles is 1. The van der Waals surface area contributed by atoms with Gasteiger partial charge in [0.05, 0.1) is 6.07 Å². The van der Waals surface area contributed by atoms with E-state index in [-0.39, 0.29) is 5.56 Å². The lowest BCUT2D eigenvalue weighted by atomic mass is 9.98. The molecular weight excluding hydrogens is 260 g/mol. The van der Waals surface area contributed by atoms with Crippen LogP contribution in [0.15, 0.2) is 16.0 Å². The van der Waals surface area contributed by atoms with Gasteiger partial charge in [-0.3, -0.25) is 10.1 Å². The van der Waals surface area contributed by atoms with Crippen molar-refractivity contribution in [3.63, 3.8) is 0 Å². The van der Waals surface area contributed by atoms with E-state index >= 15 is 0 Å². The van der Waals surface area contributed by atoms with Gasteiger partial charge in [-0.25, -0.2) is 4.98 Å². The Kier molecular flexibility index (Phi) is 6.06. The predicted octanol–water partition coefficient (Wildman–Crippen LogP) is 1.84. The predicted molar refractivity (Wildman–Crippen MR) is 77.2 cm³/mol. The first-order chi connectivity index (χ1) is 8.99. The Morgan fingerprint density at radius 1 is 1.63 bits per heavy atom. The molecule has 0 aliphatic heterocycles. The smallest absolute Gasteiger partial charge is 0.251 e. The molecule has 1 aromatic heterocycles. The number of aromatic amines is 1. The van der Waals surface area contributed by atoms with Gasteiger partial charge in [-0.1, -0.05) is 18.7 Å². The Morgan fingerprint density at radius 3 is 2.95 bits per heavy atom. The zero-order valence-electron chi connectivity index (χ0n) is 11.6. The Hall–Kier alpha value is -1.32. The van der Waals surface area contributed by atoms with Crippen LogP contribution >= 0.6 is 11.8 Å². The summed E-state index contributed by atoms with van der Waals surface area (Å²) in [7, 11) is 0. The average Bonchev–Trinajstić information content (AvgIpc) is 2.34.